The number of carbonyl (C=O) groups excluding carboxylic acids is 2. The number of anilines is 1. The molecule has 0 aliphatic carbocycles. The first-order valence-electron chi connectivity index (χ1n) is 8.22. The maximum absolute atomic E-state index is 12.8. The Morgan fingerprint density at radius 1 is 1.26 bits per heavy atom. The Hall–Kier alpha value is -2.66. The number of hydrogen-bond acceptors (Lipinski definition) is 9. The quantitative estimate of drug-likeness (QED) is 0.621. The van der Waals surface area contributed by atoms with Crippen LogP contribution in [0.25, 0.3) is 10.2 Å². The normalized spacial score (nSPS) is 10.9. The number of fused-ring (bicyclic) bond motifs is 1. The molecule has 11 heteroatoms. The lowest BCUT2D eigenvalue weighted by Crippen LogP contribution is -2.27. The van der Waals surface area contributed by atoms with E-state index in [-0.39, 0.29) is 18.7 Å². The van der Waals surface area contributed by atoms with Gasteiger partial charge in [0, 0.05) is 0 Å². The maximum Gasteiger partial charge on any atom is 0.348 e. The number of carbonyl (C=O) groups is 2. The fraction of sp³-hybridized carbons (Fsp3) is 0.375. The van der Waals surface area contributed by atoms with E-state index in [1.807, 2.05) is 6.92 Å². The van der Waals surface area contributed by atoms with Crippen molar-refractivity contribution in [2.75, 3.05) is 11.9 Å². The first kappa shape index (κ1) is 19.1. The van der Waals surface area contributed by atoms with Crippen LogP contribution in [0.15, 0.2) is 11.1 Å². The number of ether oxygens (including phenoxy) is 1. The van der Waals surface area contributed by atoms with Gasteiger partial charge in [0.25, 0.3) is 5.56 Å². The van der Waals surface area contributed by atoms with Gasteiger partial charge in [-0.15, -0.1) is 21.5 Å². The molecule has 0 aliphatic heterocycles. The van der Waals surface area contributed by atoms with E-state index >= 15 is 0 Å². The van der Waals surface area contributed by atoms with Crippen LogP contribution >= 0.6 is 22.7 Å². The van der Waals surface area contributed by atoms with E-state index in [4.69, 9.17) is 4.74 Å². The molecule has 142 valence electrons. The average Bonchev–Trinajstić information content (AvgIpc) is 3.22. The van der Waals surface area contributed by atoms with Crippen molar-refractivity contribution >= 4 is 49.9 Å². The number of nitrogens with zero attached hydrogens (tertiary/aromatic N) is 4. The van der Waals surface area contributed by atoms with Crippen molar-refractivity contribution in [1.29, 1.82) is 0 Å². The Morgan fingerprint density at radius 2 is 2.04 bits per heavy atom. The number of aromatic nitrogens is 4. The van der Waals surface area contributed by atoms with Gasteiger partial charge >= 0.3 is 5.97 Å². The van der Waals surface area contributed by atoms with Crippen LogP contribution in [0.3, 0.4) is 0 Å². The van der Waals surface area contributed by atoms with E-state index in [9.17, 15) is 14.4 Å². The Balaban J connectivity index is 1.85. The summed E-state index contributed by atoms with van der Waals surface area (Å²) in [6, 6.07) is 0. The fourth-order valence-electron chi connectivity index (χ4n) is 2.42. The summed E-state index contributed by atoms with van der Waals surface area (Å²) in [6.45, 7) is 5.36. The van der Waals surface area contributed by atoms with E-state index in [1.165, 1.54) is 22.2 Å². The minimum atomic E-state index is -0.482. The molecule has 27 heavy (non-hydrogen) atoms. The fourth-order valence-corrected chi connectivity index (χ4v) is 4.15. The molecular formula is C16H17N5O4S2. The molecule has 1 amide bonds. The largest absolute Gasteiger partial charge is 0.462 e. The van der Waals surface area contributed by atoms with Crippen molar-refractivity contribution in [3.8, 4) is 0 Å². The summed E-state index contributed by atoms with van der Waals surface area (Å²) < 4.78 is 6.21. The topological polar surface area (TPSA) is 116 Å². The monoisotopic (exact) mass is 407 g/mol. The molecule has 3 aromatic heterocycles. The summed E-state index contributed by atoms with van der Waals surface area (Å²) in [5.41, 5.74) is 0.128. The minimum absolute atomic E-state index is 0.215. The van der Waals surface area contributed by atoms with Gasteiger partial charge in [-0.05, 0) is 25.8 Å². The minimum Gasteiger partial charge on any atom is -0.462 e. The molecule has 0 atom stereocenters. The first-order valence-corrected chi connectivity index (χ1v) is 9.85. The van der Waals surface area contributed by atoms with Gasteiger partial charge in [0.1, 0.15) is 21.3 Å². The maximum atomic E-state index is 12.8. The van der Waals surface area contributed by atoms with Crippen LogP contribution in [0.1, 0.15) is 34.1 Å². The van der Waals surface area contributed by atoms with Gasteiger partial charge in [-0.3, -0.25) is 19.5 Å². The molecule has 3 heterocycles. The van der Waals surface area contributed by atoms with Crippen LogP contribution in [-0.2, 0) is 22.5 Å². The van der Waals surface area contributed by atoms with Crippen LogP contribution < -0.4 is 10.9 Å². The highest BCUT2D eigenvalue weighted by atomic mass is 32.1. The van der Waals surface area contributed by atoms with E-state index in [1.54, 1.807) is 13.8 Å². The van der Waals surface area contributed by atoms with E-state index in [2.05, 4.69) is 20.5 Å². The number of amides is 1. The van der Waals surface area contributed by atoms with Gasteiger partial charge < -0.3 is 4.74 Å². The molecule has 0 saturated carbocycles. The van der Waals surface area contributed by atoms with Crippen molar-refractivity contribution in [3.05, 3.63) is 32.1 Å². The highest BCUT2D eigenvalue weighted by Crippen LogP contribution is 2.27. The lowest BCUT2D eigenvalue weighted by Gasteiger charge is -2.05. The van der Waals surface area contributed by atoms with Crippen molar-refractivity contribution in [3.63, 3.8) is 0 Å². The number of rotatable bonds is 6. The third-order valence-corrected chi connectivity index (χ3v) is 5.87. The van der Waals surface area contributed by atoms with Gasteiger partial charge in [0.15, 0.2) is 0 Å². The summed E-state index contributed by atoms with van der Waals surface area (Å²) >= 11 is 2.39. The van der Waals surface area contributed by atoms with E-state index in [0.717, 1.165) is 22.8 Å². The SMILES string of the molecule is CCOC(=O)c1sc2ncn(CC(=O)Nc3nnc(CC)s3)c(=O)c2c1C. The highest BCUT2D eigenvalue weighted by Gasteiger charge is 2.21. The molecule has 0 spiro atoms. The number of aryl methyl sites for hydroxylation is 2. The Kier molecular flexibility index (Phi) is 5.61. The van der Waals surface area contributed by atoms with Gasteiger partial charge in [0.2, 0.25) is 11.0 Å². The van der Waals surface area contributed by atoms with Crippen LogP contribution in [0, 0.1) is 6.92 Å². The van der Waals surface area contributed by atoms with Crippen LogP contribution in [-0.4, -0.2) is 38.2 Å². The molecule has 3 aromatic rings. The number of esters is 1. The zero-order valence-corrected chi connectivity index (χ0v) is 16.6. The Labute approximate surface area is 162 Å². The van der Waals surface area contributed by atoms with E-state index in [0.29, 0.717) is 25.8 Å². The van der Waals surface area contributed by atoms with E-state index < -0.39 is 11.9 Å². The molecule has 0 radical (unpaired) electrons. The number of hydrogen-bond donors (Lipinski definition) is 1. The molecule has 0 aromatic carbocycles. The lowest BCUT2D eigenvalue weighted by atomic mass is 10.2. The molecule has 0 aliphatic rings. The Bertz CT molecular complexity index is 1070. The van der Waals surface area contributed by atoms with Gasteiger partial charge in [-0.25, -0.2) is 9.78 Å². The molecular weight excluding hydrogens is 390 g/mol. The summed E-state index contributed by atoms with van der Waals surface area (Å²) in [7, 11) is 0. The van der Waals surface area contributed by atoms with Crippen molar-refractivity contribution in [2.45, 2.75) is 33.7 Å². The Morgan fingerprint density at radius 3 is 2.70 bits per heavy atom. The van der Waals surface area contributed by atoms with Gasteiger partial charge in [-0.2, -0.15) is 0 Å². The summed E-state index contributed by atoms with van der Waals surface area (Å²) in [5, 5.41) is 11.9. The third-order valence-electron chi connectivity index (χ3n) is 3.71. The third kappa shape index (κ3) is 3.88. The molecule has 0 saturated heterocycles. The first-order chi connectivity index (χ1) is 12.9. The van der Waals surface area contributed by atoms with Crippen LogP contribution in [0.4, 0.5) is 5.13 Å². The van der Waals surface area contributed by atoms with Crippen molar-refractivity contribution in [2.24, 2.45) is 0 Å². The number of nitrogens with one attached hydrogen (secondary N) is 1. The summed E-state index contributed by atoms with van der Waals surface area (Å²) in [4.78, 5) is 42.0. The molecule has 1 N–H and O–H groups in total. The summed E-state index contributed by atoms with van der Waals surface area (Å²) in [5.74, 6) is -0.889. The van der Waals surface area contributed by atoms with Crippen molar-refractivity contribution < 1.29 is 14.3 Å². The molecule has 9 nitrogen and oxygen atoms in total. The predicted octanol–water partition coefficient (Wildman–Crippen LogP) is 2.00. The average molecular weight is 407 g/mol. The van der Waals surface area contributed by atoms with Gasteiger partial charge in [0.05, 0.1) is 18.3 Å². The van der Waals surface area contributed by atoms with Crippen LogP contribution in [0.5, 0.6) is 0 Å². The lowest BCUT2D eigenvalue weighted by molar-refractivity contribution is -0.116. The molecule has 0 unspecified atom stereocenters. The second-order valence-electron chi connectivity index (χ2n) is 5.54. The summed E-state index contributed by atoms with van der Waals surface area (Å²) in [6.07, 6.45) is 2.03. The van der Waals surface area contributed by atoms with Crippen molar-refractivity contribution in [1.82, 2.24) is 19.7 Å². The smallest absolute Gasteiger partial charge is 0.348 e. The number of thiophene rings is 1. The second kappa shape index (κ2) is 7.92. The molecule has 0 bridgehead atoms. The molecule has 0 fully saturated rings. The zero-order valence-electron chi connectivity index (χ0n) is 14.9. The zero-order chi connectivity index (χ0) is 19.6. The second-order valence-corrected chi connectivity index (χ2v) is 7.60. The standard InChI is InChI=1S/C16H17N5O4S2/c1-4-10-19-20-16(26-10)18-9(22)6-21-7-17-13-11(14(21)23)8(3)12(27-13)15(24)25-5-2/h7H,4-6H2,1-3H3,(H,18,20,22). The van der Waals surface area contributed by atoms with Gasteiger partial charge in [-0.1, -0.05) is 18.3 Å². The highest BCUT2D eigenvalue weighted by molar-refractivity contribution is 7.20. The molecule has 3 rings (SSSR count). The predicted molar refractivity (Wildman–Crippen MR) is 102 cm³/mol. The van der Waals surface area contributed by atoms with Crippen LogP contribution in [0.2, 0.25) is 0 Å².